The third-order valence-corrected chi connectivity index (χ3v) is 5.59. The molecule has 1 N–H and O–H groups in total. The molecule has 150 valence electrons. The number of sulfonamides is 1. The Hall–Kier alpha value is -2.92. The summed E-state index contributed by atoms with van der Waals surface area (Å²) < 4.78 is 53.5. The summed E-state index contributed by atoms with van der Waals surface area (Å²) in [7, 11) is -3.22. The predicted molar refractivity (Wildman–Crippen MR) is 95.8 cm³/mol. The molecule has 0 spiro atoms. The Bertz CT molecular complexity index is 993. The fourth-order valence-corrected chi connectivity index (χ4v) is 3.54. The van der Waals surface area contributed by atoms with Crippen LogP contribution in [0.2, 0.25) is 0 Å². The number of amides is 1. The van der Waals surface area contributed by atoms with E-state index < -0.39 is 50.0 Å². The number of rotatable bonds is 7. The van der Waals surface area contributed by atoms with Crippen molar-refractivity contribution in [1.29, 1.82) is 0 Å². The molecule has 2 rings (SSSR count). The van der Waals surface area contributed by atoms with Gasteiger partial charge in [0, 0.05) is 19.2 Å². The molecule has 1 amide bonds. The third-order valence-electron chi connectivity index (χ3n) is 4.14. The first-order valence-electron chi connectivity index (χ1n) is 7.98. The first-order valence-corrected chi connectivity index (χ1v) is 9.46. The highest BCUT2D eigenvalue weighted by Gasteiger charge is 2.26. The Kier molecular flexibility index (Phi) is 6.41. The van der Waals surface area contributed by atoms with Crippen LogP contribution in [0.4, 0.5) is 14.5 Å². The second kappa shape index (κ2) is 8.40. The minimum Gasteiger partial charge on any atom is -0.338 e. The van der Waals surface area contributed by atoms with Crippen LogP contribution in [0.25, 0.3) is 0 Å². The molecule has 0 fully saturated rings. The van der Waals surface area contributed by atoms with Gasteiger partial charge in [-0.15, -0.1) is 0 Å². The molecule has 0 aliphatic carbocycles. The van der Waals surface area contributed by atoms with Gasteiger partial charge in [0.15, 0.2) is 4.90 Å². The van der Waals surface area contributed by atoms with E-state index >= 15 is 0 Å². The SMILES string of the molecule is C[C@H](c1cccc([N+](=O)[O-])c1)N(C)C(=O)CNS(=O)(=O)c1c(F)cccc1F. The molecule has 2 aromatic rings. The highest BCUT2D eigenvalue weighted by atomic mass is 32.2. The number of carbonyl (C=O) groups is 1. The van der Waals surface area contributed by atoms with Crippen LogP contribution < -0.4 is 4.72 Å². The minimum absolute atomic E-state index is 0.152. The number of nitrogens with zero attached hydrogens (tertiary/aromatic N) is 2. The van der Waals surface area contributed by atoms with Gasteiger partial charge < -0.3 is 4.90 Å². The van der Waals surface area contributed by atoms with Crippen LogP contribution in [0.3, 0.4) is 0 Å². The fourth-order valence-electron chi connectivity index (χ4n) is 2.43. The first-order chi connectivity index (χ1) is 13.0. The quantitative estimate of drug-likeness (QED) is 0.554. The Labute approximate surface area is 160 Å². The Morgan fingerprint density at radius 3 is 2.36 bits per heavy atom. The van der Waals surface area contributed by atoms with Gasteiger partial charge in [0.05, 0.1) is 17.5 Å². The van der Waals surface area contributed by atoms with Crippen LogP contribution in [0.5, 0.6) is 0 Å². The van der Waals surface area contributed by atoms with Crippen LogP contribution >= 0.6 is 0 Å². The number of nitrogens with one attached hydrogen (secondary N) is 1. The summed E-state index contributed by atoms with van der Waals surface area (Å²) in [6, 6.07) is 7.63. The maximum absolute atomic E-state index is 13.7. The van der Waals surface area contributed by atoms with Gasteiger partial charge in [0.25, 0.3) is 5.69 Å². The second-order valence-electron chi connectivity index (χ2n) is 5.91. The summed E-state index contributed by atoms with van der Waals surface area (Å²) in [6.45, 7) is 0.855. The average molecular weight is 413 g/mol. The molecule has 0 heterocycles. The highest BCUT2D eigenvalue weighted by Crippen LogP contribution is 2.23. The standard InChI is InChI=1S/C17H17F2N3O5S/c1-11(12-5-3-6-13(9-12)22(24)25)21(2)16(23)10-20-28(26,27)17-14(18)7-4-8-15(17)19/h3-9,11,20H,10H2,1-2H3/t11-/m1/s1. The van der Waals surface area contributed by atoms with E-state index in [9.17, 15) is 32.1 Å². The highest BCUT2D eigenvalue weighted by molar-refractivity contribution is 7.89. The summed E-state index contributed by atoms with van der Waals surface area (Å²) in [5.74, 6) is -3.25. The number of nitro benzene ring substituents is 1. The normalized spacial score (nSPS) is 12.4. The number of nitro groups is 1. The van der Waals surface area contributed by atoms with Crippen molar-refractivity contribution < 1.29 is 26.9 Å². The van der Waals surface area contributed by atoms with Crippen LogP contribution in [0.1, 0.15) is 18.5 Å². The number of benzene rings is 2. The van der Waals surface area contributed by atoms with Crippen molar-refractivity contribution in [2.45, 2.75) is 17.9 Å². The van der Waals surface area contributed by atoms with Crippen molar-refractivity contribution in [2.24, 2.45) is 0 Å². The van der Waals surface area contributed by atoms with E-state index in [1.165, 1.54) is 30.1 Å². The zero-order chi connectivity index (χ0) is 21.1. The fraction of sp³-hybridized carbons (Fsp3) is 0.235. The number of halogens is 2. The number of hydrogen-bond donors (Lipinski definition) is 1. The molecule has 2 aromatic carbocycles. The van der Waals surface area contributed by atoms with Crippen molar-refractivity contribution in [3.05, 3.63) is 69.8 Å². The molecule has 8 nitrogen and oxygen atoms in total. The molecule has 0 aliphatic heterocycles. The molecule has 0 radical (unpaired) electrons. The summed E-state index contributed by atoms with van der Waals surface area (Å²) in [5, 5.41) is 10.9. The van der Waals surface area contributed by atoms with Crippen molar-refractivity contribution in [3.63, 3.8) is 0 Å². The third kappa shape index (κ3) is 4.67. The van der Waals surface area contributed by atoms with Gasteiger partial charge in [-0.05, 0) is 24.6 Å². The van der Waals surface area contributed by atoms with Gasteiger partial charge in [-0.25, -0.2) is 21.9 Å². The summed E-state index contributed by atoms with van der Waals surface area (Å²) >= 11 is 0. The van der Waals surface area contributed by atoms with Gasteiger partial charge >= 0.3 is 0 Å². The maximum atomic E-state index is 13.7. The predicted octanol–water partition coefficient (Wildman–Crippen LogP) is 2.37. The van der Waals surface area contributed by atoms with Crippen LogP contribution in [-0.2, 0) is 14.8 Å². The summed E-state index contributed by atoms with van der Waals surface area (Å²) in [4.78, 5) is 22.6. The Morgan fingerprint density at radius 2 is 1.79 bits per heavy atom. The first kappa shape index (κ1) is 21.4. The topological polar surface area (TPSA) is 110 Å². The van der Waals surface area contributed by atoms with E-state index in [-0.39, 0.29) is 5.69 Å². The molecule has 0 saturated carbocycles. The van der Waals surface area contributed by atoms with Crippen LogP contribution in [0.15, 0.2) is 47.4 Å². The van der Waals surface area contributed by atoms with Crippen molar-refractivity contribution in [2.75, 3.05) is 13.6 Å². The van der Waals surface area contributed by atoms with E-state index in [1.807, 2.05) is 4.72 Å². The van der Waals surface area contributed by atoms with E-state index in [1.54, 1.807) is 13.0 Å². The lowest BCUT2D eigenvalue weighted by atomic mass is 10.1. The van der Waals surface area contributed by atoms with Gasteiger partial charge in [0.1, 0.15) is 11.6 Å². The molecule has 11 heteroatoms. The molecule has 0 aromatic heterocycles. The van der Waals surface area contributed by atoms with Gasteiger partial charge in [0.2, 0.25) is 15.9 Å². The monoisotopic (exact) mass is 413 g/mol. The van der Waals surface area contributed by atoms with E-state index in [0.717, 1.165) is 18.2 Å². The zero-order valence-corrected chi connectivity index (χ0v) is 15.7. The molecule has 0 bridgehead atoms. The molecule has 0 unspecified atom stereocenters. The zero-order valence-electron chi connectivity index (χ0n) is 14.9. The minimum atomic E-state index is -4.60. The van der Waals surface area contributed by atoms with Gasteiger partial charge in [-0.2, -0.15) is 0 Å². The Morgan fingerprint density at radius 1 is 1.21 bits per heavy atom. The van der Waals surface area contributed by atoms with Crippen LogP contribution in [0, 0.1) is 21.7 Å². The summed E-state index contributed by atoms with van der Waals surface area (Å²) in [6.07, 6.45) is 0. The molecular formula is C17H17F2N3O5S. The lowest BCUT2D eigenvalue weighted by molar-refractivity contribution is -0.384. The lowest BCUT2D eigenvalue weighted by Crippen LogP contribution is -2.39. The summed E-state index contributed by atoms with van der Waals surface area (Å²) in [5.41, 5.74) is 0.314. The van der Waals surface area contributed by atoms with Crippen molar-refractivity contribution in [1.82, 2.24) is 9.62 Å². The smallest absolute Gasteiger partial charge is 0.269 e. The number of likely N-dealkylation sites (N-methyl/N-ethyl adjacent to an activating group) is 1. The average Bonchev–Trinajstić information content (AvgIpc) is 2.64. The number of hydrogen-bond acceptors (Lipinski definition) is 5. The molecule has 28 heavy (non-hydrogen) atoms. The van der Waals surface area contributed by atoms with E-state index in [4.69, 9.17) is 0 Å². The van der Waals surface area contributed by atoms with Crippen molar-refractivity contribution >= 4 is 21.6 Å². The van der Waals surface area contributed by atoms with Gasteiger partial charge in [-0.1, -0.05) is 18.2 Å². The molecular weight excluding hydrogens is 396 g/mol. The van der Waals surface area contributed by atoms with E-state index in [2.05, 4.69) is 0 Å². The molecule has 0 aliphatic rings. The number of carbonyl (C=O) groups excluding carboxylic acids is 1. The molecule has 1 atom stereocenters. The van der Waals surface area contributed by atoms with Gasteiger partial charge in [-0.3, -0.25) is 14.9 Å². The van der Waals surface area contributed by atoms with Crippen molar-refractivity contribution in [3.8, 4) is 0 Å². The maximum Gasteiger partial charge on any atom is 0.269 e. The Balaban J connectivity index is 2.12. The largest absolute Gasteiger partial charge is 0.338 e. The lowest BCUT2D eigenvalue weighted by Gasteiger charge is -2.25. The molecule has 0 saturated heterocycles. The van der Waals surface area contributed by atoms with Crippen LogP contribution in [-0.4, -0.2) is 37.7 Å². The second-order valence-corrected chi connectivity index (χ2v) is 7.61. The van der Waals surface area contributed by atoms with E-state index in [0.29, 0.717) is 5.56 Å². The number of non-ortho nitro benzene ring substituents is 1.